The molecule has 0 aliphatic carbocycles. The molecule has 0 spiro atoms. The molecule has 0 saturated carbocycles. The highest BCUT2D eigenvalue weighted by atomic mass is 16.6. The largest absolute Gasteiger partial charge is 0.482 e. The van der Waals surface area contributed by atoms with E-state index < -0.39 is 18.5 Å². The van der Waals surface area contributed by atoms with E-state index in [1.54, 1.807) is 48.5 Å². The van der Waals surface area contributed by atoms with E-state index in [1.165, 1.54) is 0 Å². The van der Waals surface area contributed by atoms with Crippen LogP contribution < -0.4 is 20.1 Å². The van der Waals surface area contributed by atoms with Crippen LogP contribution in [-0.4, -0.2) is 37.5 Å². The zero-order valence-corrected chi connectivity index (χ0v) is 18.1. The summed E-state index contributed by atoms with van der Waals surface area (Å²) in [6, 6.07) is 22.6. The summed E-state index contributed by atoms with van der Waals surface area (Å²) < 4.78 is 16.0. The van der Waals surface area contributed by atoms with Gasteiger partial charge < -0.3 is 24.8 Å². The minimum atomic E-state index is -0.689. The highest BCUT2D eigenvalue weighted by molar-refractivity contribution is 5.97. The SMILES string of the molecule is CCNC(=O)c1cccc(NC(=O)COC(=O)COc2ccc(Oc3ccccc3)cc2)c1. The van der Waals surface area contributed by atoms with Crippen molar-refractivity contribution in [3.63, 3.8) is 0 Å². The van der Waals surface area contributed by atoms with Crippen molar-refractivity contribution in [2.75, 3.05) is 25.1 Å². The van der Waals surface area contributed by atoms with Crippen LogP contribution in [0.25, 0.3) is 0 Å². The first-order valence-corrected chi connectivity index (χ1v) is 10.3. The Morgan fingerprint density at radius 1 is 0.788 bits per heavy atom. The Morgan fingerprint density at radius 3 is 2.21 bits per heavy atom. The van der Waals surface area contributed by atoms with Crippen molar-refractivity contribution in [2.45, 2.75) is 6.92 Å². The van der Waals surface area contributed by atoms with E-state index in [1.807, 2.05) is 37.3 Å². The van der Waals surface area contributed by atoms with E-state index in [0.717, 1.165) is 0 Å². The topological polar surface area (TPSA) is 103 Å². The van der Waals surface area contributed by atoms with Gasteiger partial charge in [-0.05, 0) is 61.5 Å². The molecule has 3 aromatic rings. The monoisotopic (exact) mass is 448 g/mol. The van der Waals surface area contributed by atoms with Crippen LogP contribution >= 0.6 is 0 Å². The van der Waals surface area contributed by atoms with Gasteiger partial charge in [0, 0.05) is 17.8 Å². The average Bonchev–Trinajstić information content (AvgIpc) is 2.83. The number of ether oxygens (including phenoxy) is 3. The molecule has 0 bridgehead atoms. The molecule has 0 atom stereocenters. The first kappa shape index (κ1) is 23.3. The Morgan fingerprint density at radius 2 is 1.48 bits per heavy atom. The second-order valence-corrected chi connectivity index (χ2v) is 6.82. The van der Waals surface area contributed by atoms with E-state index in [0.29, 0.717) is 35.0 Å². The van der Waals surface area contributed by atoms with Crippen LogP contribution in [0.1, 0.15) is 17.3 Å². The molecule has 0 heterocycles. The number of hydrogen-bond donors (Lipinski definition) is 2. The summed E-state index contributed by atoms with van der Waals surface area (Å²) in [6.07, 6.45) is 0. The first-order chi connectivity index (χ1) is 16.0. The minimum absolute atomic E-state index is 0.239. The van der Waals surface area contributed by atoms with Crippen molar-refractivity contribution in [1.82, 2.24) is 5.32 Å². The summed E-state index contributed by atoms with van der Waals surface area (Å²) >= 11 is 0. The number of esters is 1. The quantitative estimate of drug-likeness (QED) is 0.458. The van der Waals surface area contributed by atoms with Crippen LogP contribution in [0.3, 0.4) is 0 Å². The van der Waals surface area contributed by atoms with E-state index in [-0.39, 0.29) is 12.5 Å². The molecular weight excluding hydrogens is 424 g/mol. The number of carbonyl (C=O) groups is 3. The van der Waals surface area contributed by atoms with Gasteiger partial charge in [0.1, 0.15) is 17.2 Å². The fraction of sp³-hybridized carbons (Fsp3) is 0.160. The number of amides is 2. The van der Waals surface area contributed by atoms with E-state index >= 15 is 0 Å². The zero-order valence-electron chi connectivity index (χ0n) is 18.1. The Bertz CT molecular complexity index is 1080. The number of nitrogens with one attached hydrogen (secondary N) is 2. The summed E-state index contributed by atoms with van der Waals surface area (Å²) in [7, 11) is 0. The number of anilines is 1. The Hall–Kier alpha value is -4.33. The maximum atomic E-state index is 12.0. The summed E-state index contributed by atoms with van der Waals surface area (Å²) in [6.45, 7) is 1.49. The van der Waals surface area contributed by atoms with Gasteiger partial charge in [0.25, 0.3) is 11.8 Å². The Balaban J connectivity index is 1.40. The number of benzene rings is 3. The van der Waals surface area contributed by atoms with Gasteiger partial charge in [0.2, 0.25) is 0 Å². The van der Waals surface area contributed by atoms with Gasteiger partial charge >= 0.3 is 5.97 Å². The molecule has 0 aromatic heterocycles. The molecule has 3 aromatic carbocycles. The molecule has 170 valence electrons. The summed E-state index contributed by atoms with van der Waals surface area (Å²) in [5.41, 5.74) is 0.842. The van der Waals surface area contributed by atoms with Crippen molar-refractivity contribution < 1.29 is 28.6 Å². The van der Waals surface area contributed by atoms with Crippen molar-refractivity contribution >= 4 is 23.5 Å². The lowest BCUT2D eigenvalue weighted by Gasteiger charge is -2.10. The molecule has 8 heteroatoms. The van der Waals surface area contributed by atoms with Crippen molar-refractivity contribution in [3.8, 4) is 17.2 Å². The Labute approximate surface area is 191 Å². The highest BCUT2D eigenvalue weighted by Gasteiger charge is 2.11. The molecular formula is C25H24N2O6. The van der Waals surface area contributed by atoms with Crippen molar-refractivity contribution in [3.05, 3.63) is 84.4 Å². The summed E-state index contributed by atoms with van der Waals surface area (Å²) in [5.74, 6) is 0.341. The smallest absolute Gasteiger partial charge is 0.344 e. The molecule has 2 amide bonds. The van der Waals surface area contributed by atoms with Crippen LogP contribution in [0.15, 0.2) is 78.9 Å². The van der Waals surface area contributed by atoms with Gasteiger partial charge in [0.05, 0.1) is 0 Å². The highest BCUT2D eigenvalue weighted by Crippen LogP contribution is 2.23. The van der Waals surface area contributed by atoms with Gasteiger partial charge in [-0.3, -0.25) is 9.59 Å². The predicted octanol–water partition coefficient (Wildman–Crippen LogP) is 3.79. The average molecular weight is 448 g/mol. The molecule has 0 saturated heterocycles. The van der Waals surface area contributed by atoms with E-state index in [2.05, 4.69) is 10.6 Å². The fourth-order valence-corrected chi connectivity index (χ4v) is 2.76. The molecule has 0 radical (unpaired) electrons. The third-order valence-electron chi connectivity index (χ3n) is 4.27. The van der Waals surface area contributed by atoms with Crippen LogP contribution in [-0.2, 0) is 14.3 Å². The van der Waals surface area contributed by atoms with Crippen LogP contribution in [0.2, 0.25) is 0 Å². The molecule has 0 aliphatic rings. The molecule has 2 N–H and O–H groups in total. The van der Waals surface area contributed by atoms with Crippen LogP contribution in [0.5, 0.6) is 17.2 Å². The van der Waals surface area contributed by atoms with Crippen LogP contribution in [0, 0.1) is 0 Å². The molecule has 0 fully saturated rings. The summed E-state index contributed by atoms with van der Waals surface area (Å²) in [4.78, 5) is 35.8. The molecule has 33 heavy (non-hydrogen) atoms. The lowest BCUT2D eigenvalue weighted by molar-refractivity contribution is -0.149. The predicted molar refractivity (Wildman–Crippen MR) is 122 cm³/mol. The van der Waals surface area contributed by atoms with Gasteiger partial charge in [-0.1, -0.05) is 24.3 Å². The maximum absolute atomic E-state index is 12.0. The normalized spacial score (nSPS) is 10.1. The fourth-order valence-electron chi connectivity index (χ4n) is 2.76. The first-order valence-electron chi connectivity index (χ1n) is 10.3. The summed E-state index contributed by atoms with van der Waals surface area (Å²) in [5, 5.41) is 5.27. The standard InChI is InChI=1S/C25H24N2O6/c1-2-26-25(30)18-7-6-8-19(15-18)27-23(28)16-32-24(29)17-31-20-11-13-22(14-12-20)33-21-9-4-3-5-10-21/h3-15H,2,16-17H2,1H3,(H,26,30)(H,27,28). The third kappa shape index (κ3) is 7.70. The van der Waals surface area contributed by atoms with Gasteiger partial charge in [-0.2, -0.15) is 0 Å². The van der Waals surface area contributed by atoms with Crippen molar-refractivity contribution in [1.29, 1.82) is 0 Å². The lowest BCUT2D eigenvalue weighted by atomic mass is 10.2. The third-order valence-corrected chi connectivity index (χ3v) is 4.27. The molecule has 0 aliphatic heterocycles. The number of rotatable bonds is 10. The number of para-hydroxylation sites is 1. The second kappa shape index (κ2) is 11.9. The second-order valence-electron chi connectivity index (χ2n) is 6.82. The number of carbonyl (C=O) groups excluding carboxylic acids is 3. The number of hydrogen-bond acceptors (Lipinski definition) is 6. The van der Waals surface area contributed by atoms with Crippen LogP contribution in [0.4, 0.5) is 5.69 Å². The molecule has 0 unspecified atom stereocenters. The van der Waals surface area contributed by atoms with E-state index in [4.69, 9.17) is 14.2 Å². The lowest BCUT2D eigenvalue weighted by Crippen LogP contribution is -2.24. The van der Waals surface area contributed by atoms with Crippen molar-refractivity contribution in [2.24, 2.45) is 0 Å². The van der Waals surface area contributed by atoms with Gasteiger partial charge in [0.15, 0.2) is 13.2 Å². The van der Waals surface area contributed by atoms with Gasteiger partial charge in [-0.15, -0.1) is 0 Å². The Kier molecular flexibility index (Phi) is 8.41. The van der Waals surface area contributed by atoms with Gasteiger partial charge in [-0.25, -0.2) is 4.79 Å². The molecule has 8 nitrogen and oxygen atoms in total. The minimum Gasteiger partial charge on any atom is -0.482 e. The molecule has 3 rings (SSSR count). The maximum Gasteiger partial charge on any atom is 0.344 e. The zero-order chi connectivity index (χ0) is 23.5. The van der Waals surface area contributed by atoms with E-state index in [9.17, 15) is 14.4 Å².